The third-order valence-corrected chi connectivity index (χ3v) is 3.92. The second kappa shape index (κ2) is 12.7. The molecule has 0 aromatic heterocycles. The van der Waals surface area contributed by atoms with E-state index in [0.717, 1.165) is 19.6 Å². The van der Waals surface area contributed by atoms with Gasteiger partial charge in [0, 0.05) is 31.5 Å². The largest absolute Gasteiger partial charge is 0.378 e. The van der Waals surface area contributed by atoms with Crippen LogP contribution in [-0.2, 0) is 9.53 Å². The first-order valence-corrected chi connectivity index (χ1v) is 8.82. The van der Waals surface area contributed by atoms with E-state index in [0.29, 0.717) is 44.6 Å². The summed E-state index contributed by atoms with van der Waals surface area (Å²) in [7, 11) is 0. The Labute approximate surface area is 145 Å². The van der Waals surface area contributed by atoms with Crippen molar-refractivity contribution in [2.45, 2.75) is 33.1 Å². The molecule has 1 aromatic rings. The Morgan fingerprint density at radius 3 is 2.42 bits per heavy atom. The Balaban J connectivity index is 2.01. The molecular weight excluding hydrogens is 304 g/mol. The van der Waals surface area contributed by atoms with Crippen LogP contribution in [0.3, 0.4) is 0 Å². The smallest absolute Gasteiger partial charge is 0.220 e. The minimum atomic E-state index is -0.0248. The fraction of sp³-hybridized carbons (Fsp3) is 0.579. The normalized spacial score (nSPS) is 10.8. The quantitative estimate of drug-likeness (QED) is 0.445. The number of benzene rings is 1. The SMILES string of the molecule is CCN(CC)CCOCCNC(=O)CCCC(=O)c1ccccc1. The zero-order valence-corrected chi connectivity index (χ0v) is 14.9. The summed E-state index contributed by atoms with van der Waals surface area (Å²) in [6, 6.07) is 9.19. The van der Waals surface area contributed by atoms with E-state index in [1.807, 2.05) is 18.2 Å². The van der Waals surface area contributed by atoms with Crippen molar-refractivity contribution in [1.29, 1.82) is 0 Å². The van der Waals surface area contributed by atoms with Gasteiger partial charge in [-0.2, -0.15) is 0 Å². The van der Waals surface area contributed by atoms with Gasteiger partial charge in [0.25, 0.3) is 0 Å². The Hall–Kier alpha value is -1.72. The van der Waals surface area contributed by atoms with Crippen molar-refractivity contribution in [3.05, 3.63) is 35.9 Å². The molecule has 0 aliphatic heterocycles. The number of hydrogen-bond acceptors (Lipinski definition) is 4. The van der Waals surface area contributed by atoms with Crippen LogP contribution >= 0.6 is 0 Å². The molecule has 1 aromatic carbocycles. The average molecular weight is 334 g/mol. The van der Waals surface area contributed by atoms with Crippen LogP contribution in [0.4, 0.5) is 0 Å². The highest BCUT2D eigenvalue weighted by Crippen LogP contribution is 2.06. The number of carbonyl (C=O) groups excluding carboxylic acids is 2. The van der Waals surface area contributed by atoms with E-state index in [9.17, 15) is 9.59 Å². The van der Waals surface area contributed by atoms with Crippen LogP contribution in [0.2, 0.25) is 0 Å². The van der Waals surface area contributed by atoms with Gasteiger partial charge < -0.3 is 15.0 Å². The minimum Gasteiger partial charge on any atom is -0.378 e. The molecule has 0 radical (unpaired) electrons. The van der Waals surface area contributed by atoms with Gasteiger partial charge in [-0.3, -0.25) is 9.59 Å². The Morgan fingerprint density at radius 1 is 1.04 bits per heavy atom. The maximum absolute atomic E-state index is 11.9. The number of amides is 1. The van der Waals surface area contributed by atoms with E-state index < -0.39 is 0 Å². The zero-order valence-electron chi connectivity index (χ0n) is 14.9. The fourth-order valence-electron chi connectivity index (χ4n) is 2.36. The molecule has 134 valence electrons. The van der Waals surface area contributed by atoms with Crippen molar-refractivity contribution < 1.29 is 14.3 Å². The van der Waals surface area contributed by atoms with Crippen LogP contribution in [0.1, 0.15) is 43.5 Å². The van der Waals surface area contributed by atoms with Crippen molar-refractivity contribution in [1.82, 2.24) is 10.2 Å². The van der Waals surface area contributed by atoms with Crippen LogP contribution in [0.15, 0.2) is 30.3 Å². The number of nitrogens with one attached hydrogen (secondary N) is 1. The molecule has 0 saturated heterocycles. The van der Waals surface area contributed by atoms with Crippen molar-refractivity contribution >= 4 is 11.7 Å². The van der Waals surface area contributed by atoms with E-state index >= 15 is 0 Å². The highest BCUT2D eigenvalue weighted by molar-refractivity contribution is 5.96. The van der Waals surface area contributed by atoms with Crippen LogP contribution in [0, 0.1) is 0 Å². The highest BCUT2D eigenvalue weighted by Gasteiger charge is 2.07. The summed E-state index contributed by atoms with van der Waals surface area (Å²) < 4.78 is 5.51. The summed E-state index contributed by atoms with van der Waals surface area (Å²) in [5.41, 5.74) is 0.708. The number of ketones is 1. The molecule has 0 unspecified atom stereocenters. The van der Waals surface area contributed by atoms with Gasteiger partial charge in [0.15, 0.2) is 5.78 Å². The molecular formula is C19H30N2O3. The van der Waals surface area contributed by atoms with E-state index in [1.54, 1.807) is 12.1 Å². The predicted octanol–water partition coefficient (Wildman–Crippen LogP) is 2.51. The molecule has 0 bridgehead atoms. The summed E-state index contributed by atoms with van der Waals surface area (Å²) in [4.78, 5) is 25.9. The van der Waals surface area contributed by atoms with Crippen LogP contribution in [-0.4, -0.2) is 56.0 Å². The number of Topliss-reactive ketones (excluding diaryl/α,β-unsaturated/α-hetero) is 1. The van der Waals surface area contributed by atoms with Crippen molar-refractivity contribution in [3.8, 4) is 0 Å². The van der Waals surface area contributed by atoms with E-state index in [2.05, 4.69) is 24.1 Å². The molecule has 0 heterocycles. The molecule has 24 heavy (non-hydrogen) atoms. The van der Waals surface area contributed by atoms with Crippen molar-refractivity contribution in [2.75, 3.05) is 39.4 Å². The van der Waals surface area contributed by atoms with Crippen LogP contribution < -0.4 is 5.32 Å². The average Bonchev–Trinajstić information content (AvgIpc) is 2.62. The molecule has 5 heteroatoms. The predicted molar refractivity (Wildman–Crippen MR) is 96.2 cm³/mol. The number of carbonyl (C=O) groups is 2. The first-order chi connectivity index (χ1) is 11.7. The summed E-state index contributed by atoms with van der Waals surface area (Å²) in [6.07, 6.45) is 1.35. The second-order valence-electron chi connectivity index (χ2n) is 5.63. The molecule has 0 saturated carbocycles. The molecule has 0 fully saturated rings. The molecule has 1 N–H and O–H groups in total. The van der Waals surface area contributed by atoms with Gasteiger partial charge in [0.05, 0.1) is 13.2 Å². The summed E-state index contributed by atoms with van der Waals surface area (Å²) in [5, 5.41) is 2.82. The topological polar surface area (TPSA) is 58.6 Å². The summed E-state index contributed by atoms with van der Waals surface area (Å²) in [5.74, 6) is 0.0614. The summed E-state index contributed by atoms with van der Waals surface area (Å²) in [6.45, 7) is 8.96. The van der Waals surface area contributed by atoms with E-state index in [4.69, 9.17) is 4.74 Å². The zero-order chi connectivity index (χ0) is 17.6. The third kappa shape index (κ3) is 8.79. The van der Waals surface area contributed by atoms with Gasteiger partial charge in [-0.15, -0.1) is 0 Å². The van der Waals surface area contributed by atoms with Gasteiger partial charge in [0.2, 0.25) is 5.91 Å². The number of nitrogens with zero attached hydrogens (tertiary/aromatic N) is 1. The van der Waals surface area contributed by atoms with E-state index in [-0.39, 0.29) is 11.7 Å². The number of hydrogen-bond donors (Lipinski definition) is 1. The number of rotatable bonds is 13. The molecule has 5 nitrogen and oxygen atoms in total. The van der Waals surface area contributed by atoms with Gasteiger partial charge in [-0.25, -0.2) is 0 Å². The lowest BCUT2D eigenvalue weighted by Crippen LogP contribution is -2.30. The molecule has 0 aliphatic rings. The van der Waals surface area contributed by atoms with Gasteiger partial charge in [-0.05, 0) is 19.5 Å². The molecule has 1 amide bonds. The lowest BCUT2D eigenvalue weighted by molar-refractivity contribution is -0.121. The number of ether oxygens (including phenoxy) is 1. The Bertz CT molecular complexity index is 473. The highest BCUT2D eigenvalue weighted by atomic mass is 16.5. The third-order valence-electron chi connectivity index (χ3n) is 3.92. The van der Waals surface area contributed by atoms with Crippen LogP contribution in [0.25, 0.3) is 0 Å². The maximum atomic E-state index is 11.9. The van der Waals surface area contributed by atoms with E-state index in [1.165, 1.54) is 0 Å². The Morgan fingerprint density at radius 2 is 1.75 bits per heavy atom. The van der Waals surface area contributed by atoms with Crippen molar-refractivity contribution in [2.24, 2.45) is 0 Å². The lowest BCUT2D eigenvalue weighted by atomic mass is 10.1. The summed E-state index contributed by atoms with van der Waals surface area (Å²) >= 11 is 0. The minimum absolute atomic E-state index is 0.0248. The number of likely N-dealkylation sites (N-methyl/N-ethyl adjacent to an activating group) is 1. The first-order valence-electron chi connectivity index (χ1n) is 8.82. The molecule has 0 spiro atoms. The standard InChI is InChI=1S/C19H30N2O3/c1-3-21(4-2)14-16-24-15-13-20-19(23)12-8-11-18(22)17-9-6-5-7-10-17/h5-7,9-10H,3-4,8,11-16H2,1-2H3,(H,20,23). The monoisotopic (exact) mass is 334 g/mol. The van der Waals surface area contributed by atoms with Gasteiger partial charge >= 0.3 is 0 Å². The molecule has 1 rings (SSSR count). The first kappa shape index (κ1) is 20.3. The Kier molecular flexibility index (Phi) is 10.7. The molecule has 0 atom stereocenters. The van der Waals surface area contributed by atoms with Crippen LogP contribution in [0.5, 0.6) is 0 Å². The van der Waals surface area contributed by atoms with Crippen molar-refractivity contribution in [3.63, 3.8) is 0 Å². The fourth-order valence-corrected chi connectivity index (χ4v) is 2.36. The van der Waals surface area contributed by atoms with Gasteiger partial charge in [0.1, 0.15) is 0 Å². The second-order valence-corrected chi connectivity index (χ2v) is 5.63. The van der Waals surface area contributed by atoms with Gasteiger partial charge in [-0.1, -0.05) is 44.2 Å². The lowest BCUT2D eigenvalue weighted by Gasteiger charge is -2.17. The molecule has 0 aliphatic carbocycles. The maximum Gasteiger partial charge on any atom is 0.220 e.